The van der Waals surface area contributed by atoms with Gasteiger partial charge in [-0.15, -0.1) is 0 Å². The molecule has 2 N–H and O–H groups in total. The fourth-order valence-electron chi connectivity index (χ4n) is 1.32. The zero-order chi connectivity index (χ0) is 14.0. The van der Waals surface area contributed by atoms with E-state index in [0.29, 0.717) is 12.8 Å². The number of hydrogen-bond donors (Lipinski definition) is 2. The Kier molecular flexibility index (Phi) is 9.08. The van der Waals surface area contributed by atoms with Crippen LogP contribution < -0.4 is 5.32 Å². The van der Waals surface area contributed by atoms with Crippen LogP contribution in [0.4, 0.5) is 8.78 Å². The molecule has 1 atom stereocenters. The highest BCUT2D eigenvalue weighted by molar-refractivity contribution is 5.76. The fraction of sp³-hybridized carbons (Fsp3) is 0.818. The highest BCUT2D eigenvalue weighted by Crippen LogP contribution is 2.01. The Hall–Kier alpha value is -1.24. The van der Waals surface area contributed by atoms with Gasteiger partial charge in [-0.1, -0.05) is 0 Å². The first-order valence-corrected chi connectivity index (χ1v) is 5.79. The maximum Gasteiger partial charge on any atom is 0.303 e. The molecule has 18 heavy (non-hydrogen) atoms. The summed E-state index contributed by atoms with van der Waals surface area (Å²) in [6.45, 7) is 1.05. The van der Waals surface area contributed by atoms with Crippen LogP contribution in [0.15, 0.2) is 0 Å². The minimum Gasteiger partial charge on any atom is -0.481 e. The Morgan fingerprint density at radius 3 is 2.56 bits per heavy atom. The van der Waals surface area contributed by atoms with E-state index in [0.717, 1.165) is 0 Å². The summed E-state index contributed by atoms with van der Waals surface area (Å²) in [5, 5.41) is 11.1. The van der Waals surface area contributed by atoms with E-state index in [1.165, 1.54) is 0 Å². The molecule has 0 aromatic rings. The minimum atomic E-state index is -2.52. The molecule has 0 spiro atoms. The van der Waals surface area contributed by atoms with Crippen LogP contribution in [-0.2, 0) is 14.3 Å². The van der Waals surface area contributed by atoms with Gasteiger partial charge in [0.25, 0.3) is 6.43 Å². The van der Waals surface area contributed by atoms with Gasteiger partial charge in [0.05, 0.1) is 6.61 Å². The SMILES string of the molecule is CC(CCCC(=O)O)NC(=O)CCOCC(F)F. The Morgan fingerprint density at radius 2 is 2.00 bits per heavy atom. The number of carbonyl (C=O) groups is 2. The maximum absolute atomic E-state index is 11.7. The third-order valence-electron chi connectivity index (χ3n) is 2.15. The predicted octanol–water partition coefficient (Wildman–Crippen LogP) is 1.42. The number of rotatable bonds is 10. The van der Waals surface area contributed by atoms with Crippen molar-refractivity contribution in [3.05, 3.63) is 0 Å². The van der Waals surface area contributed by atoms with Crippen LogP contribution in [0.2, 0.25) is 0 Å². The smallest absolute Gasteiger partial charge is 0.303 e. The van der Waals surface area contributed by atoms with Crippen molar-refractivity contribution in [2.24, 2.45) is 0 Å². The molecule has 0 aliphatic carbocycles. The summed E-state index contributed by atoms with van der Waals surface area (Å²) in [4.78, 5) is 21.6. The molecule has 0 saturated heterocycles. The molecule has 106 valence electrons. The van der Waals surface area contributed by atoms with Crippen LogP contribution in [0.25, 0.3) is 0 Å². The van der Waals surface area contributed by atoms with Gasteiger partial charge in [0.2, 0.25) is 5.91 Å². The van der Waals surface area contributed by atoms with Crippen LogP contribution in [0.3, 0.4) is 0 Å². The van der Waals surface area contributed by atoms with Crippen molar-refractivity contribution in [3.63, 3.8) is 0 Å². The number of nitrogens with one attached hydrogen (secondary N) is 1. The molecule has 0 bridgehead atoms. The van der Waals surface area contributed by atoms with Gasteiger partial charge in [-0.25, -0.2) is 8.78 Å². The molecule has 0 heterocycles. The van der Waals surface area contributed by atoms with Gasteiger partial charge in [-0.2, -0.15) is 0 Å². The van der Waals surface area contributed by atoms with Crippen LogP contribution in [0.5, 0.6) is 0 Å². The van der Waals surface area contributed by atoms with Crippen molar-refractivity contribution >= 4 is 11.9 Å². The summed E-state index contributed by atoms with van der Waals surface area (Å²) in [5.41, 5.74) is 0. The van der Waals surface area contributed by atoms with Crippen LogP contribution >= 0.6 is 0 Å². The number of carboxylic acids is 1. The molecule has 0 radical (unpaired) electrons. The van der Waals surface area contributed by atoms with Gasteiger partial charge < -0.3 is 15.2 Å². The largest absolute Gasteiger partial charge is 0.481 e. The molecule has 0 aliphatic heterocycles. The molecule has 0 saturated carbocycles. The third-order valence-corrected chi connectivity index (χ3v) is 2.15. The molecular weight excluding hydrogens is 248 g/mol. The summed E-state index contributed by atoms with van der Waals surface area (Å²) in [5.74, 6) is -1.15. The lowest BCUT2D eigenvalue weighted by atomic mass is 10.1. The second kappa shape index (κ2) is 9.76. The van der Waals surface area contributed by atoms with Gasteiger partial charge in [0.1, 0.15) is 6.61 Å². The zero-order valence-electron chi connectivity index (χ0n) is 10.3. The molecule has 7 heteroatoms. The number of halogens is 2. The van der Waals surface area contributed by atoms with Gasteiger partial charge in [0, 0.05) is 18.9 Å². The number of amides is 1. The molecule has 5 nitrogen and oxygen atoms in total. The van der Waals surface area contributed by atoms with E-state index in [-0.39, 0.29) is 31.4 Å². The van der Waals surface area contributed by atoms with E-state index in [1.54, 1.807) is 6.92 Å². The number of alkyl halides is 2. The monoisotopic (exact) mass is 267 g/mol. The second-order valence-corrected chi connectivity index (χ2v) is 3.97. The summed E-state index contributed by atoms with van der Waals surface area (Å²) in [7, 11) is 0. The summed E-state index contributed by atoms with van der Waals surface area (Å²) in [6, 6.07) is -0.132. The Labute approximate surface area is 105 Å². The van der Waals surface area contributed by atoms with E-state index < -0.39 is 19.0 Å². The lowest BCUT2D eigenvalue weighted by Crippen LogP contribution is -2.33. The first-order chi connectivity index (χ1) is 8.41. The minimum absolute atomic E-state index is 0.0238. The number of carbonyl (C=O) groups excluding carboxylic acids is 1. The first kappa shape index (κ1) is 16.8. The Balaban J connectivity index is 3.52. The molecule has 0 aliphatic rings. The molecule has 0 rings (SSSR count). The first-order valence-electron chi connectivity index (χ1n) is 5.79. The topological polar surface area (TPSA) is 75.6 Å². The zero-order valence-corrected chi connectivity index (χ0v) is 10.3. The van der Waals surface area contributed by atoms with E-state index in [1.807, 2.05) is 0 Å². The quantitative estimate of drug-likeness (QED) is 0.587. The Morgan fingerprint density at radius 1 is 1.33 bits per heavy atom. The lowest BCUT2D eigenvalue weighted by Gasteiger charge is -2.13. The molecular formula is C11H19F2NO4. The van der Waals surface area contributed by atoms with E-state index in [9.17, 15) is 18.4 Å². The van der Waals surface area contributed by atoms with Crippen LogP contribution in [-0.4, -0.2) is 42.7 Å². The van der Waals surface area contributed by atoms with Crippen molar-refractivity contribution in [3.8, 4) is 0 Å². The van der Waals surface area contributed by atoms with E-state index in [4.69, 9.17) is 5.11 Å². The summed E-state index contributed by atoms with van der Waals surface area (Å²) < 4.78 is 28.0. The lowest BCUT2D eigenvalue weighted by molar-refractivity contribution is -0.137. The summed E-state index contributed by atoms with van der Waals surface area (Å²) in [6.07, 6.45) is -1.38. The summed E-state index contributed by atoms with van der Waals surface area (Å²) >= 11 is 0. The van der Waals surface area contributed by atoms with Crippen molar-refractivity contribution in [1.82, 2.24) is 5.32 Å². The molecule has 1 unspecified atom stereocenters. The van der Waals surface area contributed by atoms with Gasteiger partial charge >= 0.3 is 5.97 Å². The Bertz CT molecular complexity index is 261. The highest BCUT2D eigenvalue weighted by Gasteiger charge is 2.09. The average molecular weight is 267 g/mol. The van der Waals surface area contributed by atoms with Gasteiger partial charge in [-0.05, 0) is 19.8 Å². The highest BCUT2D eigenvalue weighted by atomic mass is 19.3. The van der Waals surface area contributed by atoms with Gasteiger partial charge in [0.15, 0.2) is 0 Å². The average Bonchev–Trinajstić information content (AvgIpc) is 2.23. The second-order valence-electron chi connectivity index (χ2n) is 3.97. The number of carboxylic acid groups (broad SMARTS) is 1. The normalized spacial score (nSPS) is 12.4. The van der Waals surface area contributed by atoms with E-state index in [2.05, 4.69) is 10.1 Å². The van der Waals surface area contributed by atoms with Crippen LogP contribution in [0, 0.1) is 0 Å². The molecule has 1 amide bonds. The van der Waals surface area contributed by atoms with Crippen molar-refractivity contribution in [2.45, 2.75) is 45.1 Å². The predicted molar refractivity (Wildman–Crippen MR) is 60.5 cm³/mol. The standard InChI is InChI=1S/C11H19F2NO4/c1-8(3-2-4-11(16)17)14-10(15)5-6-18-7-9(12)13/h8-9H,2-7H2,1H3,(H,14,15)(H,16,17). The number of ether oxygens (including phenoxy) is 1. The number of hydrogen-bond acceptors (Lipinski definition) is 3. The molecule has 0 aromatic carbocycles. The molecule has 0 fully saturated rings. The van der Waals surface area contributed by atoms with Crippen molar-refractivity contribution in [1.29, 1.82) is 0 Å². The van der Waals surface area contributed by atoms with E-state index >= 15 is 0 Å². The van der Waals surface area contributed by atoms with Crippen molar-refractivity contribution < 1.29 is 28.2 Å². The fourth-order valence-corrected chi connectivity index (χ4v) is 1.32. The third kappa shape index (κ3) is 11.3. The van der Waals surface area contributed by atoms with Crippen molar-refractivity contribution in [2.75, 3.05) is 13.2 Å². The number of aliphatic carboxylic acids is 1. The van der Waals surface area contributed by atoms with Crippen LogP contribution in [0.1, 0.15) is 32.6 Å². The maximum atomic E-state index is 11.7. The molecule has 0 aromatic heterocycles. The van der Waals surface area contributed by atoms with Gasteiger partial charge in [-0.3, -0.25) is 9.59 Å².